The summed E-state index contributed by atoms with van der Waals surface area (Å²) in [6.45, 7) is 4.08. The lowest BCUT2D eigenvalue weighted by molar-refractivity contribution is -0.144. The van der Waals surface area contributed by atoms with Crippen molar-refractivity contribution < 1.29 is 9.90 Å². The van der Waals surface area contributed by atoms with E-state index in [0.29, 0.717) is 18.7 Å². The van der Waals surface area contributed by atoms with E-state index >= 15 is 0 Å². The summed E-state index contributed by atoms with van der Waals surface area (Å²) >= 11 is 0. The second kappa shape index (κ2) is 5.36. The highest BCUT2D eigenvalue weighted by atomic mass is 16.4. The average Bonchev–Trinajstić information content (AvgIpc) is 2.79. The third-order valence-electron chi connectivity index (χ3n) is 3.17. The van der Waals surface area contributed by atoms with Gasteiger partial charge < -0.3 is 5.11 Å². The number of carboxylic acid groups (broad SMARTS) is 1. The molecule has 2 aromatic rings. The van der Waals surface area contributed by atoms with Crippen LogP contribution in [0.15, 0.2) is 24.7 Å². The molecule has 19 heavy (non-hydrogen) atoms. The van der Waals surface area contributed by atoms with Crippen molar-refractivity contribution in [2.45, 2.75) is 38.8 Å². The van der Waals surface area contributed by atoms with Crippen molar-refractivity contribution in [3.05, 3.63) is 30.4 Å². The third kappa shape index (κ3) is 2.90. The minimum absolute atomic E-state index is 0.409. The maximum absolute atomic E-state index is 11.3. The maximum atomic E-state index is 11.3. The molecule has 1 unspecified atom stereocenters. The zero-order chi connectivity index (χ0) is 13.9. The van der Waals surface area contributed by atoms with Crippen LogP contribution in [-0.2, 0) is 11.3 Å². The zero-order valence-electron chi connectivity index (χ0n) is 11.1. The van der Waals surface area contributed by atoms with Crippen molar-refractivity contribution in [1.82, 2.24) is 19.7 Å². The van der Waals surface area contributed by atoms with Crippen LogP contribution in [0.25, 0.3) is 5.78 Å². The average molecular weight is 262 g/mol. The van der Waals surface area contributed by atoms with E-state index in [-0.39, 0.29) is 0 Å². The Bertz CT molecular complexity index is 548. The Morgan fingerprint density at radius 1 is 1.58 bits per heavy atom. The van der Waals surface area contributed by atoms with Crippen molar-refractivity contribution in [3.8, 4) is 0 Å². The van der Waals surface area contributed by atoms with Gasteiger partial charge in [0.1, 0.15) is 5.54 Å². The topological polar surface area (TPSA) is 79.5 Å². The molecular formula is C13H18N4O2. The lowest BCUT2D eigenvalue weighted by Crippen LogP contribution is -2.49. The molecule has 2 N–H and O–H groups in total. The van der Waals surface area contributed by atoms with Gasteiger partial charge in [-0.05, 0) is 19.4 Å². The van der Waals surface area contributed by atoms with Crippen molar-refractivity contribution in [2.24, 2.45) is 0 Å². The predicted octanol–water partition coefficient (Wildman–Crippen LogP) is 1.46. The molecule has 2 aromatic heterocycles. The number of fused-ring (bicyclic) bond motifs is 1. The zero-order valence-corrected chi connectivity index (χ0v) is 11.1. The largest absolute Gasteiger partial charge is 0.480 e. The second-order valence-corrected chi connectivity index (χ2v) is 4.80. The Labute approximate surface area is 111 Å². The van der Waals surface area contributed by atoms with Crippen LogP contribution in [0.2, 0.25) is 0 Å². The highest BCUT2D eigenvalue weighted by Gasteiger charge is 2.31. The summed E-state index contributed by atoms with van der Waals surface area (Å²) in [5, 5.41) is 12.4. The first-order valence-electron chi connectivity index (χ1n) is 6.32. The molecule has 0 saturated heterocycles. The minimum Gasteiger partial charge on any atom is -0.480 e. The number of hydrogen-bond donors (Lipinski definition) is 2. The number of carbonyl (C=O) groups is 1. The summed E-state index contributed by atoms with van der Waals surface area (Å²) in [5.74, 6) is -0.219. The number of rotatable bonds is 6. The Morgan fingerprint density at radius 2 is 2.37 bits per heavy atom. The van der Waals surface area contributed by atoms with Gasteiger partial charge in [0.05, 0.1) is 5.69 Å². The third-order valence-corrected chi connectivity index (χ3v) is 3.17. The predicted molar refractivity (Wildman–Crippen MR) is 70.8 cm³/mol. The molecule has 0 amide bonds. The molecule has 0 aliphatic carbocycles. The van der Waals surface area contributed by atoms with Gasteiger partial charge in [0.25, 0.3) is 0 Å². The number of nitrogens with zero attached hydrogens (tertiary/aromatic N) is 3. The first-order valence-corrected chi connectivity index (χ1v) is 6.32. The lowest BCUT2D eigenvalue weighted by atomic mass is 9.96. The highest BCUT2D eigenvalue weighted by molar-refractivity contribution is 5.78. The van der Waals surface area contributed by atoms with Crippen molar-refractivity contribution >= 4 is 11.7 Å². The standard InChI is InChI=1S/C13H18N4O2/c1-3-5-13(2,11(18)19)15-8-10-9-17-7-4-6-14-12(17)16-10/h4,6-7,9,15H,3,5,8H2,1-2H3,(H,18,19). The van der Waals surface area contributed by atoms with Crippen LogP contribution >= 0.6 is 0 Å². The molecule has 6 heteroatoms. The molecule has 2 rings (SSSR count). The fourth-order valence-electron chi connectivity index (χ4n) is 2.02. The summed E-state index contributed by atoms with van der Waals surface area (Å²) in [7, 11) is 0. The number of nitrogens with one attached hydrogen (secondary N) is 1. The van der Waals surface area contributed by atoms with E-state index in [1.807, 2.05) is 29.8 Å². The lowest BCUT2D eigenvalue weighted by Gasteiger charge is -2.25. The van der Waals surface area contributed by atoms with Crippen LogP contribution in [0.1, 0.15) is 32.4 Å². The van der Waals surface area contributed by atoms with Gasteiger partial charge in [-0.3, -0.25) is 14.5 Å². The summed E-state index contributed by atoms with van der Waals surface area (Å²) in [4.78, 5) is 19.8. The van der Waals surface area contributed by atoms with Crippen LogP contribution in [0.4, 0.5) is 0 Å². The Kier molecular flexibility index (Phi) is 3.80. The van der Waals surface area contributed by atoms with E-state index in [1.165, 1.54) is 0 Å². The van der Waals surface area contributed by atoms with Gasteiger partial charge in [0.15, 0.2) is 0 Å². The fraction of sp³-hybridized carbons (Fsp3) is 0.462. The van der Waals surface area contributed by atoms with E-state index < -0.39 is 11.5 Å². The molecule has 102 valence electrons. The fourth-order valence-corrected chi connectivity index (χ4v) is 2.02. The summed E-state index contributed by atoms with van der Waals surface area (Å²) in [6, 6.07) is 1.82. The monoisotopic (exact) mass is 262 g/mol. The molecule has 2 heterocycles. The summed E-state index contributed by atoms with van der Waals surface area (Å²) in [6.07, 6.45) is 6.78. The molecular weight excluding hydrogens is 244 g/mol. The van der Waals surface area contributed by atoms with Gasteiger partial charge in [-0.15, -0.1) is 0 Å². The van der Waals surface area contributed by atoms with E-state index in [0.717, 1.165) is 12.1 Å². The minimum atomic E-state index is -0.919. The molecule has 1 atom stereocenters. The van der Waals surface area contributed by atoms with Gasteiger partial charge in [-0.2, -0.15) is 0 Å². The Hall–Kier alpha value is -1.95. The van der Waals surface area contributed by atoms with E-state index in [9.17, 15) is 9.90 Å². The Morgan fingerprint density at radius 3 is 3.00 bits per heavy atom. The molecule has 0 fully saturated rings. The van der Waals surface area contributed by atoms with Gasteiger partial charge in [0, 0.05) is 25.1 Å². The van der Waals surface area contributed by atoms with Crippen LogP contribution in [-0.4, -0.2) is 31.0 Å². The van der Waals surface area contributed by atoms with Gasteiger partial charge in [-0.25, -0.2) is 9.97 Å². The highest BCUT2D eigenvalue weighted by Crippen LogP contribution is 2.13. The quantitative estimate of drug-likeness (QED) is 0.824. The van der Waals surface area contributed by atoms with Crippen LogP contribution in [0, 0.1) is 0 Å². The van der Waals surface area contributed by atoms with Crippen LogP contribution in [0.3, 0.4) is 0 Å². The molecule has 6 nitrogen and oxygen atoms in total. The van der Waals surface area contributed by atoms with Crippen molar-refractivity contribution in [3.63, 3.8) is 0 Å². The normalized spacial score (nSPS) is 14.4. The van der Waals surface area contributed by atoms with Gasteiger partial charge >= 0.3 is 5.97 Å². The second-order valence-electron chi connectivity index (χ2n) is 4.80. The molecule has 0 aromatic carbocycles. The van der Waals surface area contributed by atoms with Gasteiger partial charge in [0.2, 0.25) is 5.78 Å². The first-order chi connectivity index (χ1) is 9.05. The SMILES string of the molecule is CCCC(C)(NCc1cn2cccnc2n1)C(=O)O. The molecule has 0 saturated carbocycles. The molecule has 0 spiro atoms. The van der Waals surface area contributed by atoms with E-state index in [4.69, 9.17) is 0 Å². The van der Waals surface area contributed by atoms with Crippen molar-refractivity contribution in [1.29, 1.82) is 0 Å². The smallest absolute Gasteiger partial charge is 0.323 e. The Balaban J connectivity index is 2.10. The number of aromatic nitrogens is 3. The van der Waals surface area contributed by atoms with E-state index in [1.54, 1.807) is 13.1 Å². The van der Waals surface area contributed by atoms with E-state index in [2.05, 4.69) is 15.3 Å². The van der Waals surface area contributed by atoms with Crippen molar-refractivity contribution in [2.75, 3.05) is 0 Å². The molecule has 0 radical (unpaired) electrons. The number of imidazole rings is 1. The molecule has 0 bridgehead atoms. The number of aliphatic carboxylic acids is 1. The molecule has 0 aliphatic rings. The summed E-state index contributed by atoms with van der Waals surface area (Å²) in [5.41, 5.74) is -0.139. The first kappa shape index (κ1) is 13.5. The molecule has 0 aliphatic heterocycles. The van der Waals surface area contributed by atoms with Crippen LogP contribution in [0.5, 0.6) is 0 Å². The maximum Gasteiger partial charge on any atom is 0.323 e. The number of carboxylic acids is 1. The number of hydrogen-bond acceptors (Lipinski definition) is 4. The van der Waals surface area contributed by atoms with Crippen LogP contribution < -0.4 is 5.32 Å². The summed E-state index contributed by atoms with van der Waals surface area (Å²) < 4.78 is 1.81. The van der Waals surface area contributed by atoms with Gasteiger partial charge in [-0.1, -0.05) is 13.3 Å².